The molecular formula is C29H22N4O3. The van der Waals surface area contributed by atoms with Gasteiger partial charge in [0.25, 0.3) is 0 Å². The molecule has 6 aromatic rings. The van der Waals surface area contributed by atoms with Crippen LogP contribution in [0.5, 0.6) is 0 Å². The van der Waals surface area contributed by atoms with Gasteiger partial charge in [0.1, 0.15) is 11.0 Å². The molecule has 0 bridgehead atoms. The number of aromatic nitrogens is 2. The van der Waals surface area contributed by atoms with Crippen LogP contribution in [0.3, 0.4) is 0 Å². The highest BCUT2D eigenvalue weighted by molar-refractivity contribution is 6.11. The molecule has 2 aromatic heterocycles. The fraction of sp³-hybridized carbons (Fsp3) is 0.0690. The quantitative estimate of drug-likeness (QED) is 0.240. The van der Waals surface area contributed by atoms with E-state index in [0.29, 0.717) is 69.3 Å². The number of rotatable bonds is 6. The maximum Gasteiger partial charge on any atom is 0.199 e. The molecule has 0 saturated heterocycles. The van der Waals surface area contributed by atoms with Gasteiger partial charge in [0.05, 0.1) is 0 Å². The Labute approximate surface area is 206 Å². The zero-order valence-electron chi connectivity index (χ0n) is 19.3. The maximum absolute atomic E-state index is 13.3. The van der Waals surface area contributed by atoms with Crippen molar-refractivity contribution in [3.63, 3.8) is 0 Å². The number of nitrogens with zero attached hydrogens (tertiary/aromatic N) is 2. The molecule has 7 heteroatoms. The van der Waals surface area contributed by atoms with E-state index in [1.807, 2.05) is 48.5 Å². The van der Waals surface area contributed by atoms with Crippen LogP contribution in [-0.2, 0) is 12.8 Å². The summed E-state index contributed by atoms with van der Waals surface area (Å²) in [4.78, 5) is 22.4. The molecule has 36 heavy (non-hydrogen) atoms. The number of fused-ring (bicyclic) bond motifs is 2. The summed E-state index contributed by atoms with van der Waals surface area (Å²) in [6, 6.07) is 25.8. The Hall–Kier alpha value is -4.91. The lowest BCUT2D eigenvalue weighted by molar-refractivity contribution is 0.103. The summed E-state index contributed by atoms with van der Waals surface area (Å²) >= 11 is 0. The van der Waals surface area contributed by atoms with Crippen molar-refractivity contribution in [2.75, 3.05) is 11.5 Å². The van der Waals surface area contributed by atoms with E-state index in [1.165, 1.54) is 0 Å². The molecule has 176 valence electrons. The molecule has 0 amide bonds. The summed E-state index contributed by atoms with van der Waals surface area (Å²) in [7, 11) is 0. The zero-order valence-corrected chi connectivity index (χ0v) is 19.3. The number of carbonyl (C=O) groups is 1. The minimum atomic E-state index is -0.120. The second-order valence-electron chi connectivity index (χ2n) is 8.75. The summed E-state index contributed by atoms with van der Waals surface area (Å²) in [6.07, 6.45) is 1.08. The van der Waals surface area contributed by atoms with Crippen LogP contribution in [0.1, 0.15) is 38.8 Å². The monoisotopic (exact) mass is 474 g/mol. The predicted molar refractivity (Wildman–Crippen MR) is 139 cm³/mol. The summed E-state index contributed by atoms with van der Waals surface area (Å²) < 4.78 is 11.8. The van der Waals surface area contributed by atoms with E-state index in [0.717, 1.165) is 11.1 Å². The number of nitrogens with two attached hydrogens (primary N) is 2. The number of ketones is 1. The van der Waals surface area contributed by atoms with Crippen molar-refractivity contribution >= 4 is 39.4 Å². The van der Waals surface area contributed by atoms with Gasteiger partial charge < -0.3 is 20.3 Å². The molecular weight excluding hydrogens is 452 g/mol. The molecule has 6 rings (SSSR count). The van der Waals surface area contributed by atoms with Gasteiger partial charge in [-0.1, -0.05) is 24.3 Å². The van der Waals surface area contributed by atoms with E-state index in [-0.39, 0.29) is 5.78 Å². The zero-order chi connectivity index (χ0) is 24.6. The Kier molecular flexibility index (Phi) is 5.22. The summed E-state index contributed by atoms with van der Waals surface area (Å²) in [5, 5.41) is 0. The molecule has 4 N–H and O–H groups in total. The smallest absolute Gasteiger partial charge is 0.199 e. The largest absolute Gasteiger partial charge is 0.440 e. The number of carbonyl (C=O) groups excluding carboxylic acids is 1. The van der Waals surface area contributed by atoms with Crippen molar-refractivity contribution in [1.29, 1.82) is 0 Å². The Bertz CT molecular complexity index is 1590. The van der Waals surface area contributed by atoms with Gasteiger partial charge in [-0.15, -0.1) is 0 Å². The highest BCUT2D eigenvalue weighted by Crippen LogP contribution is 2.24. The predicted octanol–water partition coefficient (Wildman–Crippen LogP) is 5.55. The Balaban J connectivity index is 1.23. The van der Waals surface area contributed by atoms with E-state index in [9.17, 15) is 4.79 Å². The lowest BCUT2D eigenvalue weighted by Crippen LogP contribution is -2.01. The van der Waals surface area contributed by atoms with Gasteiger partial charge in [-0.05, 0) is 71.8 Å². The van der Waals surface area contributed by atoms with E-state index < -0.39 is 0 Å². The standard InChI is InChI=1S/C29H22N4O3/c30-21-7-1-17(2-8-21)13-27-32-23-15-19(5-11-25(23)35-27)29(34)20-6-12-26-24(16-20)33-28(36-26)14-18-3-9-22(31)10-4-18/h1-12,15-16H,13-14,30-31H2. The van der Waals surface area contributed by atoms with Crippen LogP contribution in [0.2, 0.25) is 0 Å². The van der Waals surface area contributed by atoms with Gasteiger partial charge in [-0.25, -0.2) is 9.97 Å². The molecule has 7 nitrogen and oxygen atoms in total. The lowest BCUT2D eigenvalue weighted by Gasteiger charge is -2.00. The van der Waals surface area contributed by atoms with Crippen LogP contribution < -0.4 is 11.5 Å². The SMILES string of the molecule is Nc1ccc(Cc2nc3cc(C(=O)c4ccc5oc(Cc6ccc(N)cc6)nc5c4)ccc3o2)cc1. The number of hydrogen-bond donors (Lipinski definition) is 2. The molecule has 0 aliphatic rings. The summed E-state index contributed by atoms with van der Waals surface area (Å²) in [6.45, 7) is 0. The Morgan fingerprint density at radius 1 is 0.611 bits per heavy atom. The van der Waals surface area contributed by atoms with Crippen molar-refractivity contribution in [2.45, 2.75) is 12.8 Å². The van der Waals surface area contributed by atoms with E-state index in [1.54, 1.807) is 36.4 Å². The van der Waals surface area contributed by atoms with E-state index >= 15 is 0 Å². The molecule has 0 aliphatic carbocycles. The van der Waals surface area contributed by atoms with E-state index in [4.69, 9.17) is 20.3 Å². The molecule has 0 atom stereocenters. The van der Waals surface area contributed by atoms with Crippen LogP contribution in [0.15, 0.2) is 93.8 Å². The van der Waals surface area contributed by atoms with Crippen LogP contribution in [-0.4, -0.2) is 15.8 Å². The van der Waals surface area contributed by atoms with Crippen molar-refractivity contribution in [2.24, 2.45) is 0 Å². The van der Waals surface area contributed by atoms with Gasteiger partial charge in [-0.2, -0.15) is 0 Å². The third-order valence-electron chi connectivity index (χ3n) is 6.06. The minimum absolute atomic E-state index is 0.120. The van der Waals surface area contributed by atoms with Crippen LogP contribution in [0, 0.1) is 0 Å². The van der Waals surface area contributed by atoms with Gasteiger partial charge >= 0.3 is 0 Å². The van der Waals surface area contributed by atoms with Crippen molar-refractivity contribution in [3.8, 4) is 0 Å². The molecule has 4 aromatic carbocycles. The van der Waals surface area contributed by atoms with Crippen molar-refractivity contribution in [1.82, 2.24) is 9.97 Å². The first-order valence-electron chi connectivity index (χ1n) is 11.5. The second-order valence-corrected chi connectivity index (χ2v) is 8.75. The number of benzene rings is 4. The first kappa shape index (κ1) is 21.6. The molecule has 0 aliphatic heterocycles. The average Bonchev–Trinajstić information content (AvgIpc) is 3.48. The van der Waals surface area contributed by atoms with Gasteiger partial charge in [0.2, 0.25) is 0 Å². The molecule has 0 unspecified atom stereocenters. The summed E-state index contributed by atoms with van der Waals surface area (Å²) in [5.74, 6) is 1.04. The molecule has 0 radical (unpaired) electrons. The number of hydrogen-bond acceptors (Lipinski definition) is 7. The molecule has 0 fully saturated rings. The maximum atomic E-state index is 13.3. The van der Waals surface area contributed by atoms with Crippen molar-refractivity contribution < 1.29 is 13.6 Å². The van der Waals surface area contributed by atoms with Crippen molar-refractivity contribution in [3.05, 3.63) is 119 Å². The normalized spacial score (nSPS) is 11.3. The third-order valence-corrected chi connectivity index (χ3v) is 6.06. The topological polar surface area (TPSA) is 121 Å². The molecule has 0 saturated carbocycles. The minimum Gasteiger partial charge on any atom is -0.440 e. The third kappa shape index (κ3) is 4.30. The molecule has 0 spiro atoms. The van der Waals surface area contributed by atoms with Crippen LogP contribution in [0.25, 0.3) is 22.2 Å². The van der Waals surface area contributed by atoms with E-state index in [2.05, 4.69) is 9.97 Å². The Morgan fingerprint density at radius 2 is 1.03 bits per heavy atom. The second kappa shape index (κ2) is 8.70. The van der Waals surface area contributed by atoms with Crippen LogP contribution in [0.4, 0.5) is 11.4 Å². The highest BCUT2D eigenvalue weighted by Gasteiger charge is 2.15. The number of nitrogen functional groups attached to an aromatic ring is 2. The summed E-state index contributed by atoms with van der Waals surface area (Å²) in [5.41, 5.74) is 18.6. The number of anilines is 2. The lowest BCUT2D eigenvalue weighted by atomic mass is 10.0. The Morgan fingerprint density at radius 3 is 1.44 bits per heavy atom. The molecule has 2 heterocycles. The van der Waals surface area contributed by atoms with Gasteiger partial charge in [0.15, 0.2) is 28.7 Å². The van der Waals surface area contributed by atoms with Gasteiger partial charge in [0, 0.05) is 35.3 Å². The fourth-order valence-corrected chi connectivity index (χ4v) is 4.17. The average molecular weight is 475 g/mol. The van der Waals surface area contributed by atoms with Crippen LogP contribution >= 0.6 is 0 Å². The first-order valence-corrected chi connectivity index (χ1v) is 11.5. The highest BCUT2D eigenvalue weighted by atomic mass is 16.4. The number of oxazole rings is 2. The fourth-order valence-electron chi connectivity index (χ4n) is 4.17. The first-order chi connectivity index (χ1) is 17.5. The van der Waals surface area contributed by atoms with Gasteiger partial charge in [-0.3, -0.25) is 4.79 Å².